The largest absolute Gasteiger partial charge is 0.444 e. The molecule has 0 atom stereocenters. The quantitative estimate of drug-likeness (QED) is 0.798. The first-order valence-corrected chi connectivity index (χ1v) is 8.20. The van der Waals surface area contributed by atoms with Crippen molar-refractivity contribution in [3.63, 3.8) is 0 Å². The van der Waals surface area contributed by atoms with Gasteiger partial charge < -0.3 is 9.64 Å². The third kappa shape index (κ3) is 5.23. The van der Waals surface area contributed by atoms with Gasteiger partial charge in [0, 0.05) is 24.7 Å². The highest BCUT2D eigenvalue weighted by Gasteiger charge is 2.22. The summed E-state index contributed by atoms with van der Waals surface area (Å²) in [5.74, 6) is 0. The molecule has 2 aromatic rings. The number of carbonyl (C=O) groups is 1. The van der Waals surface area contributed by atoms with E-state index >= 15 is 0 Å². The minimum Gasteiger partial charge on any atom is -0.444 e. The number of hydrogen-bond donors (Lipinski definition) is 0. The van der Waals surface area contributed by atoms with Crippen molar-refractivity contribution in [3.8, 4) is 0 Å². The fraction of sp³-hybridized carbons (Fsp3) is 0.474. The van der Waals surface area contributed by atoms with Crippen LogP contribution in [0.3, 0.4) is 0 Å². The molecule has 1 heterocycles. The van der Waals surface area contributed by atoms with Crippen LogP contribution in [0.5, 0.6) is 0 Å². The van der Waals surface area contributed by atoms with E-state index in [0.717, 1.165) is 29.3 Å². The average molecular weight is 314 g/mol. The molecule has 0 aliphatic carbocycles. The first-order valence-electron chi connectivity index (χ1n) is 8.20. The molecule has 0 saturated carbocycles. The summed E-state index contributed by atoms with van der Waals surface area (Å²) in [6.07, 6.45) is 3.54. The van der Waals surface area contributed by atoms with Gasteiger partial charge in [-0.15, -0.1) is 0 Å². The molecule has 0 N–H and O–H groups in total. The number of nitrogens with zero attached hydrogens (tertiary/aromatic N) is 2. The Morgan fingerprint density at radius 3 is 2.74 bits per heavy atom. The van der Waals surface area contributed by atoms with E-state index in [1.54, 1.807) is 11.1 Å². The van der Waals surface area contributed by atoms with E-state index in [9.17, 15) is 4.79 Å². The topological polar surface area (TPSA) is 42.4 Å². The molecule has 2 rings (SSSR count). The van der Waals surface area contributed by atoms with Crippen LogP contribution in [0.2, 0.25) is 0 Å². The van der Waals surface area contributed by atoms with Crippen molar-refractivity contribution in [2.75, 3.05) is 6.54 Å². The van der Waals surface area contributed by atoms with E-state index in [1.807, 2.05) is 45.0 Å². The molecule has 1 aromatic heterocycles. The van der Waals surface area contributed by atoms with Crippen LogP contribution in [-0.4, -0.2) is 28.1 Å². The Labute approximate surface area is 138 Å². The standard InChI is InChI=1S/C19H26N2O2/c1-5-6-12-21(18(22)23-19(2,3)4)14-15-9-10-17-16(13-15)8-7-11-20-17/h7-11,13H,5-6,12,14H2,1-4H3. The lowest BCUT2D eigenvalue weighted by Crippen LogP contribution is -2.37. The molecule has 1 aromatic carbocycles. The number of unbranched alkanes of at least 4 members (excludes halogenated alkanes) is 1. The second-order valence-corrected chi connectivity index (χ2v) is 6.79. The van der Waals surface area contributed by atoms with E-state index < -0.39 is 5.60 Å². The van der Waals surface area contributed by atoms with Crippen molar-refractivity contribution < 1.29 is 9.53 Å². The summed E-state index contributed by atoms with van der Waals surface area (Å²) in [4.78, 5) is 18.5. The number of benzene rings is 1. The van der Waals surface area contributed by atoms with Crippen molar-refractivity contribution in [3.05, 3.63) is 42.1 Å². The van der Waals surface area contributed by atoms with Gasteiger partial charge in [-0.2, -0.15) is 0 Å². The van der Waals surface area contributed by atoms with Gasteiger partial charge in [0.1, 0.15) is 5.60 Å². The number of rotatable bonds is 5. The smallest absolute Gasteiger partial charge is 0.410 e. The number of aromatic nitrogens is 1. The van der Waals surface area contributed by atoms with Crippen molar-refractivity contribution in [2.45, 2.75) is 52.7 Å². The highest BCUT2D eigenvalue weighted by molar-refractivity contribution is 5.79. The second-order valence-electron chi connectivity index (χ2n) is 6.79. The summed E-state index contributed by atoms with van der Waals surface area (Å²) in [6, 6.07) is 10.1. The van der Waals surface area contributed by atoms with Gasteiger partial charge in [-0.3, -0.25) is 4.98 Å². The monoisotopic (exact) mass is 314 g/mol. The Morgan fingerprint density at radius 1 is 1.26 bits per heavy atom. The highest BCUT2D eigenvalue weighted by Crippen LogP contribution is 2.17. The molecule has 0 aliphatic heterocycles. The second kappa shape index (κ2) is 7.44. The van der Waals surface area contributed by atoms with Crippen molar-refractivity contribution in [1.29, 1.82) is 0 Å². The minimum atomic E-state index is -0.477. The Bertz CT molecular complexity index is 662. The maximum absolute atomic E-state index is 12.4. The van der Waals surface area contributed by atoms with Gasteiger partial charge in [-0.1, -0.05) is 25.5 Å². The van der Waals surface area contributed by atoms with E-state index in [0.29, 0.717) is 13.1 Å². The number of pyridine rings is 1. The zero-order valence-corrected chi connectivity index (χ0v) is 14.5. The molecule has 0 bridgehead atoms. The fourth-order valence-corrected chi connectivity index (χ4v) is 2.35. The number of carbonyl (C=O) groups excluding carboxylic acids is 1. The van der Waals surface area contributed by atoms with Crippen LogP contribution in [-0.2, 0) is 11.3 Å². The van der Waals surface area contributed by atoms with E-state index in [2.05, 4.69) is 18.0 Å². The lowest BCUT2D eigenvalue weighted by molar-refractivity contribution is 0.0231. The molecular formula is C19H26N2O2. The summed E-state index contributed by atoms with van der Waals surface area (Å²) >= 11 is 0. The number of ether oxygens (including phenoxy) is 1. The lowest BCUT2D eigenvalue weighted by atomic mass is 10.1. The van der Waals surface area contributed by atoms with E-state index in [1.165, 1.54) is 0 Å². The van der Waals surface area contributed by atoms with Gasteiger partial charge in [0.25, 0.3) is 0 Å². The van der Waals surface area contributed by atoms with Crippen LogP contribution in [0.15, 0.2) is 36.5 Å². The highest BCUT2D eigenvalue weighted by atomic mass is 16.6. The maximum Gasteiger partial charge on any atom is 0.410 e. The van der Waals surface area contributed by atoms with Gasteiger partial charge in [-0.25, -0.2) is 4.79 Å². The molecule has 4 nitrogen and oxygen atoms in total. The number of hydrogen-bond acceptors (Lipinski definition) is 3. The van der Waals surface area contributed by atoms with Crippen LogP contribution in [0.1, 0.15) is 46.1 Å². The third-order valence-corrected chi connectivity index (χ3v) is 3.47. The molecule has 1 amide bonds. The lowest BCUT2D eigenvalue weighted by Gasteiger charge is -2.27. The van der Waals surface area contributed by atoms with Crippen molar-refractivity contribution in [2.24, 2.45) is 0 Å². The van der Waals surface area contributed by atoms with E-state index in [-0.39, 0.29) is 6.09 Å². The van der Waals surface area contributed by atoms with Gasteiger partial charge in [-0.05, 0) is 51.0 Å². The molecule has 124 valence electrons. The van der Waals surface area contributed by atoms with Gasteiger partial charge >= 0.3 is 6.09 Å². The van der Waals surface area contributed by atoms with Gasteiger partial charge in [0.05, 0.1) is 5.52 Å². The Hall–Kier alpha value is -2.10. The van der Waals surface area contributed by atoms with Crippen LogP contribution in [0.4, 0.5) is 4.79 Å². The molecule has 0 spiro atoms. The summed E-state index contributed by atoms with van der Waals surface area (Å²) < 4.78 is 5.53. The Kier molecular flexibility index (Phi) is 5.59. The average Bonchev–Trinajstić information content (AvgIpc) is 2.49. The van der Waals surface area contributed by atoms with Crippen LogP contribution < -0.4 is 0 Å². The number of amides is 1. The van der Waals surface area contributed by atoms with Gasteiger partial charge in [0.2, 0.25) is 0 Å². The van der Waals surface area contributed by atoms with Crippen LogP contribution in [0.25, 0.3) is 10.9 Å². The van der Waals surface area contributed by atoms with Crippen molar-refractivity contribution >= 4 is 17.0 Å². The molecule has 23 heavy (non-hydrogen) atoms. The predicted octanol–water partition coefficient (Wildman–Crippen LogP) is 4.77. The third-order valence-electron chi connectivity index (χ3n) is 3.47. The molecule has 4 heteroatoms. The van der Waals surface area contributed by atoms with E-state index in [4.69, 9.17) is 4.74 Å². The molecule has 0 aliphatic rings. The summed E-state index contributed by atoms with van der Waals surface area (Å²) in [5, 5.41) is 1.09. The van der Waals surface area contributed by atoms with Crippen molar-refractivity contribution in [1.82, 2.24) is 9.88 Å². The fourth-order valence-electron chi connectivity index (χ4n) is 2.35. The molecule has 0 fully saturated rings. The maximum atomic E-state index is 12.4. The summed E-state index contributed by atoms with van der Waals surface area (Å²) in [7, 11) is 0. The molecule has 0 radical (unpaired) electrons. The first-order chi connectivity index (χ1) is 10.9. The summed E-state index contributed by atoms with van der Waals surface area (Å²) in [6.45, 7) is 9.06. The predicted molar refractivity (Wildman–Crippen MR) is 93.3 cm³/mol. The van der Waals surface area contributed by atoms with Crippen LogP contribution in [0, 0.1) is 0 Å². The Morgan fingerprint density at radius 2 is 2.04 bits per heavy atom. The zero-order valence-electron chi connectivity index (χ0n) is 14.5. The van der Waals surface area contributed by atoms with Crippen LogP contribution >= 0.6 is 0 Å². The van der Waals surface area contributed by atoms with Gasteiger partial charge in [0.15, 0.2) is 0 Å². The normalized spacial score (nSPS) is 11.5. The summed E-state index contributed by atoms with van der Waals surface area (Å²) in [5.41, 5.74) is 1.58. The molecular weight excluding hydrogens is 288 g/mol. The minimum absolute atomic E-state index is 0.253. The molecule has 0 unspecified atom stereocenters. The first kappa shape index (κ1) is 17.3. The zero-order chi connectivity index (χ0) is 16.9. The number of fused-ring (bicyclic) bond motifs is 1. The molecule has 0 saturated heterocycles. The Balaban J connectivity index is 2.16. The SMILES string of the molecule is CCCCN(Cc1ccc2ncccc2c1)C(=O)OC(C)(C)C.